The molecule has 166 valence electrons. The molecule has 0 bridgehead atoms. The van der Waals surface area contributed by atoms with Crippen molar-refractivity contribution in [2.75, 3.05) is 53.7 Å². The van der Waals surface area contributed by atoms with E-state index in [-0.39, 0.29) is 12.1 Å². The molecule has 2 aliphatic heterocycles. The van der Waals surface area contributed by atoms with Crippen LogP contribution in [0.3, 0.4) is 0 Å². The van der Waals surface area contributed by atoms with Crippen molar-refractivity contribution >= 4 is 39.9 Å². The Labute approximate surface area is 190 Å². The largest absolute Gasteiger partial charge is 0.394 e. The third-order valence-corrected chi connectivity index (χ3v) is 8.44. The minimum Gasteiger partial charge on any atom is -0.394 e. The SMILES string of the molecule is O=S1CCCc2nc(N3CCN(c4ccc(Cl)cc4)CC3)nc(NC3(CO)CCC3)c21. The highest BCUT2D eigenvalue weighted by molar-refractivity contribution is 7.85. The Morgan fingerprint density at radius 2 is 1.77 bits per heavy atom. The molecule has 1 unspecified atom stereocenters. The Balaban J connectivity index is 1.39. The molecule has 7 nitrogen and oxygen atoms in total. The van der Waals surface area contributed by atoms with E-state index >= 15 is 0 Å². The van der Waals surface area contributed by atoms with Gasteiger partial charge in [0.1, 0.15) is 10.7 Å². The smallest absolute Gasteiger partial charge is 0.227 e. The van der Waals surface area contributed by atoms with Gasteiger partial charge in [0.15, 0.2) is 0 Å². The fraction of sp³-hybridized carbons (Fsp3) is 0.545. The average molecular weight is 462 g/mol. The van der Waals surface area contributed by atoms with Crippen LogP contribution in [0.2, 0.25) is 5.02 Å². The average Bonchev–Trinajstić information content (AvgIpc) is 2.77. The number of piperazine rings is 1. The highest BCUT2D eigenvalue weighted by atomic mass is 35.5. The topological polar surface area (TPSA) is 81.6 Å². The van der Waals surface area contributed by atoms with Gasteiger partial charge in [0.2, 0.25) is 5.95 Å². The molecule has 9 heteroatoms. The zero-order valence-electron chi connectivity index (χ0n) is 17.5. The Hall–Kier alpha value is -1.90. The fourth-order valence-corrected chi connectivity index (χ4v) is 6.04. The minimum absolute atomic E-state index is 0.0630. The molecule has 3 aliphatic rings. The van der Waals surface area contributed by atoms with Gasteiger partial charge >= 0.3 is 0 Å². The number of nitrogens with zero attached hydrogens (tertiary/aromatic N) is 4. The van der Waals surface area contributed by atoms with Gasteiger partial charge in [0, 0.05) is 42.6 Å². The molecule has 2 fully saturated rings. The summed E-state index contributed by atoms with van der Waals surface area (Å²) in [5, 5.41) is 14.2. The van der Waals surface area contributed by atoms with Crippen molar-refractivity contribution < 1.29 is 9.32 Å². The van der Waals surface area contributed by atoms with Gasteiger partial charge in [-0.15, -0.1) is 0 Å². The number of rotatable bonds is 5. The molecule has 0 radical (unpaired) electrons. The van der Waals surface area contributed by atoms with E-state index in [2.05, 4.69) is 27.2 Å². The molecule has 1 saturated carbocycles. The second kappa shape index (κ2) is 8.56. The normalized spacial score (nSPS) is 22.6. The first-order valence-electron chi connectivity index (χ1n) is 11.0. The summed E-state index contributed by atoms with van der Waals surface area (Å²) in [6.45, 7) is 3.44. The van der Waals surface area contributed by atoms with Crippen LogP contribution in [0.15, 0.2) is 29.2 Å². The van der Waals surface area contributed by atoms with Gasteiger partial charge in [0.05, 0.1) is 28.6 Å². The highest BCUT2D eigenvalue weighted by Crippen LogP contribution is 2.38. The molecule has 31 heavy (non-hydrogen) atoms. The zero-order chi connectivity index (χ0) is 21.4. The zero-order valence-corrected chi connectivity index (χ0v) is 19.1. The van der Waals surface area contributed by atoms with E-state index in [4.69, 9.17) is 21.6 Å². The van der Waals surface area contributed by atoms with E-state index in [1.165, 1.54) is 5.69 Å². The molecule has 0 spiro atoms. The van der Waals surface area contributed by atoms with E-state index in [1.807, 2.05) is 12.1 Å². The Morgan fingerprint density at radius 1 is 1.06 bits per heavy atom. The molecule has 1 atom stereocenters. The van der Waals surface area contributed by atoms with Crippen LogP contribution < -0.4 is 15.1 Å². The number of hydrogen-bond donors (Lipinski definition) is 2. The monoisotopic (exact) mass is 461 g/mol. The minimum atomic E-state index is -1.09. The first-order chi connectivity index (χ1) is 15.1. The van der Waals surface area contributed by atoms with Crippen LogP contribution >= 0.6 is 11.6 Å². The maximum Gasteiger partial charge on any atom is 0.227 e. The number of aryl methyl sites for hydroxylation is 1. The van der Waals surface area contributed by atoms with Crippen molar-refractivity contribution in [2.24, 2.45) is 0 Å². The van der Waals surface area contributed by atoms with Gasteiger partial charge in [-0.3, -0.25) is 4.21 Å². The molecule has 0 amide bonds. The molecule has 1 aromatic heterocycles. The number of nitrogens with one attached hydrogen (secondary N) is 1. The summed E-state index contributed by atoms with van der Waals surface area (Å²) < 4.78 is 12.8. The fourth-order valence-electron chi connectivity index (χ4n) is 4.59. The van der Waals surface area contributed by atoms with Crippen LogP contribution in [0.1, 0.15) is 31.4 Å². The third-order valence-electron chi connectivity index (χ3n) is 6.65. The lowest BCUT2D eigenvalue weighted by molar-refractivity contribution is 0.143. The molecule has 1 aliphatic carbocycles. The van der Waals surface area contributed by atoms with Crippen LogP contribution in [-0.4, -0.2) is 63.4 Å². The molecule has 5 rings (SSSR count). The second-order valence-corrected chi connectivity index (χ2v) is 10.6. The molecule has 1 aromatic carbocycles. The maximum absolute atomic E-state index is 12.8. The lowest BCUT2D eigenvalue weighted by Crippen LogP contribution is -2.49. The van der Waals surface area contributed by atoms with Crippen molar-refractivity contribution in [3.8, 4) is 0 Å². The standard InChI is InChI=1S/C22H28ClN5O2S/c23-16-4-6-17(7-5-16)27-10-12-28(13-11-27)21-24-18-3-1-14-31(30)19(18)20(25-21)26-22(15-29)8-2-9-22/h4-7,29H,1-3,8-15H2,(H,24,25,26). The quantitative estimate of drug-likeness (QED) is 0.708. The predicted octanol–water partition coefficient (Wildman–Crippen LogP) is 2.84. The number of halogens is 1. The van der Waals surface area contributed by atoms with E-state index in [1.54, 1.807) is 0 Å². The Morgan fingerprint density at radius 3 is 2.42 bits per heavy atom. The molecular formula is C22H28ClN5O2S. The van der Waals surface area contributed by atoms with Crippen molar-refractivity contribution in [3.05, 3.63) is 35.0 Å². The predicted molar refractivity (Wildman–Crippen MR) is 125 cm³/mol. The Bertz CT molecular complexity index is 969. The van der Waals surface area contributed by atoms with E-state index in [9.17, 15) is 9.32 Å². The lowest BCUT2D eigenvalue weighted by atomic mass is 9.77. The van der Waals surface area contributed by atoms with Gasteiger partial charge in [-0.2, -0.15) is 4.98 Å². The van der Waals surface area contributed by atoms with Gasteiger partial charge in [-0.1, -0.05) is 11.6 Å². The number of aliphatic hydroxyl groups is 1. The molecule has 1 saturated heterocycles. The van der Waals surface area contributed by atoms with Crippen LogP contribution in [0.5, 0.6) is 0 Å². The number of anilines is 3. The van der Waals surface area contributed by atoms with Crippen LogP contribution in [0.25, 0.3) is 0 Å². The first kappa shape index (κ1) is 21.0. The summed E-state index contributed by atoms with van der Waals surface area (Å²) in [6.07, 6.45) is 4.60. The Kier molecular flexibility index (Phi) is 5.79. The summed E-state index contributed by atoms with van der Waals surface area (Å²) in [5.74, 6) is 2.01. The highest BCUT2D eigenvalue weighted by Gasteiger charge is 2.38. The van der Waals surface area contributed by atoms with Crippen LogP contribution in [-0.2, 0) is 17.2 Å². The second-order valence-electron chi connectivity index (χ2n) is 8.67. The maximum atomic E-state index is 12.8. The van der Waals surface area contributed by atoms with Crippen molar-refractivity contribution in [1.82, 2.24) is 9.97 Å². The number of benzene rings is 1. The van der Waals surface area contributed by atoms with Crippen molar-refractivity contribution in [2.45, 2.75) is 42.5 Å². The van der Waals surface area contributed by atoms with Crippen LogP contribution in [0.4, 0.5) is 17.5 Å². The first-order valence-corrected chi connectivity index (χ1v) is 12.7. The lowest BCUT2D eigenvalue weighted by Gasteiger charge is -2.42. The van der Waals surface area contributed by atoms with Crippen molar-refractivity contribution in [1.29, 1.82) is 0 Å². The summed E-state index contributed by atoms with van der Waals surface area (Å²) in [4.78, 5) is 15.0. The number of aliphatic hydroxyl groups excluding tert-OH is 1. The van der Waals surface area contributed by atoms with Gasteiger partial charge in [-0.25, -0.2) is 4.98 Å². The van der Waals surface area contributed by atoms with Gasteiger partial charge in [-0.05, 0) is 56.4 Å². The molecular weight excluding hydrogens is 434 g/mol. The van der Waals surface area contributed by atoms with Gasteiger partial charge in [0.25, 0.3) is 0 Å². The third kappa shape index (κ3) is 4.13. The number of fused-ring (bicyclic) bond motifs is 1. The summed E-state index contributed by atoms with van der Waals surface area (Å²) in [5.41, 5.74) is 1.72. The summed E-state index contributed by atoms with van der Waals surface area (Å²) >= 11 is 6.02. The molecule has 2 aromatic rings. The summed E-state index contributed by atoms with van der Waals surface area (Å²) in [6, 6.07) is 7.95. The number of aromatic nitrogens is 2. The molecule has 3 heterocycles. The van der Waals surface area contributed by atoms with E-state index in [0.29, 0.717) is 17.5 Å². The van der Waals surface area contributed by atoms with E-state index < -0.39 is 10.8 Å². The van der Waals surface area contributed by atoms with Crippen LogP contribution in [0, 0.1) is 0 Å². The van der Waals surface area contributed by atoms with Crippen molar-refractivity contribution in [3.63, 3.8) is 0 Å². The summed E-state index contributed by atoms with van der Waals surface area (Å²) in [7, 11) is -1.09. The van der Waals surface area contributed by atoms with E-state index in [0.717, 1.165) is 73.9 Å². The molecule has 2 N–H and O–H groups in total. The number of hydrogen-bond acceptors (Lipinski definition) is 7. The van der Waals surface area contributed by atoms with Gasteiger partial charge < -0.3 is 20.2 Å².